The van der Waals surface area contributed by atoms with Crippen molar-refractivity contribution in [1.29, 1.82) is 0 Å². The van der Waals surface area contributed by atoms with E-state index in [2.05, 4.69) is 10.2 Å². The van der Waals surface area contributed by atoms with E-state index >= 15 is 0 Å². The maximum Gasteiger partial charge on any atom is 0.356 e. The van der Waals surface area contributed by atoms with E-state index in [9.17, 15) is 14.4 Å². The predicted molar refractivity (Wildman–Crippen MR) is 127 cm³/mol. The Bertz CT molecular complexity index is 1180. The standard InChI is InChI=1S/C23H17N3O4S3/c27-18-20(28)26-17(16(11-31-21(18)26)12-32-23-25-24-13-33-23)22(29)30-19(14-7-3-1-4-8-14)15-9-5-2-6-10-15/h1-10,13,19,21H,11-12H2/t21-/m1/s1. The first-order chi connectivity index (χ1) is 16.1. The normalized spacial score (nSPS) is 17.7. The van der Waals surface area contributed by atoms with Crippen LogP contribution in [0.1, 0.15) is 17.2 Å². The summed E-state index contributed by atoms with van der Waals surface area (Å²) in [5.74, 6) is -0.875. The molecule has 1 aromatic heterocycles. The molecule has 0 radical (unpaired) electrons. The molecule has 3 heterocycles. The molecule has 5 rings (SSSR count). The summed E-state index contributed by atoms with van der Waals surface area (Å²) >= 11 is 4.19. The molecule has 1 saturated heterocycles. The first kappa shape index (κ1) is 21.9. The summed E-state index contributed by atoms with van der Waals surface area (Å²) in [6.07, 6.45) is -0.649. The quantitative estimate of drug-likeness (QED) is 0.212. The van der Waals surface area contributed by atoms with E-state index < -0.39 is 29.1 Å². The fourth-order valence-corrected chi connectivity index (χ4v) is 6.47. The van der Waals surface area contributed by atoms with Crippen molar-refractivity contribution in [3.05, 3.63) is 88.6 Å². The number of carbonyl (C=O) groups is 3. The zero-order valence-corrected chi connectivity index (χ0v) is 19.6. The minimum absolute atomic E-state index is 0.164. The minimum Gasteiger partial charge on any atom is -0.448 e. The lowest BCUT2D eigenvalue weighted by Crippen LogP contribution is -2.62. The molecule has 2 aromatic carbocycles. The fraction of sp³-hybridized carbons (Fsp3) is 0.174. The van der Waals surface area contributed by atoms with Crippen molar-refractivity contribution in [2.75, 3.05) is 11.5 Å². The number of ketones is 1. The molecule has 0 N–H and O–H groups in total. The van der Waals surface area contributed by atoms with E-state index in [1.807, 2.05) is 60.7 Å². The highest BCUT2D eigenvalue weighted by molar-refractivity contribution is 8.02. The molecule has 3 aromatic rings. The van der Waals surface area contributed by atoms with Crippen LogP contribution in [0.3, 0.4) is 0 Å². The Kier molecular flexibility index (Phi) is 6.30. The number of β-lactam (4-membered cyclic amide) rings is 1. The molecule has 10 heteroatoms. The maximum atomic E-state index is 13.5. The molecule has 166 valence electrons. The average Bonchev–Trinajstić information content (AvgIpc) is 3.39. The van der Waals surface area contributed by atoms with Gasteiger partial charge in [-0.05, 0) is 16.7 Å². The van der Waals surface area contributed by atoms with Crippen molar-refractivity contribution in [3.8, 4) is 0 Å². The molecule has 0 spiro atoms. The molecular weight excluding hydrogens is 478 g/mol. The molecule has 33 heavy (non-hydrogen) atoms. The lowest BCUT2D eigenvalue weighted by atomic mass is 10.0. The second-order valence-corrected chi connectivity index (χ2v) is 10.4. The number of thioether (sulfide) groups is 2. The van der Waals surface area contributed by atoms with Gasteiger partial charge in [-0.15, -0.1) is 22.0 Å². The van der Waals surface area contributed by atoms with E-state index in [-0.39, 0.29) is 5.70 Å². The van der Waals surface area contributed by atoms with Crippen molar-refractivity contribution in [1.82, 2.24) is 15.1 Å². The van der Waals surface area contributed by atoms with E-state index in [0.29, 0.717) is 11.5 Å². The molecule has 0 unspecified atom stereocenters. The predicted octanol–water partition coefficient (Wildman–Crippen LogP) is 3.70. The summed E-state index contributed by atoms with van der Waals surface area (Å²) in [6.45, 7) is 0. The van der Waals surface area contributed by atoms with Crippen LogP contribution in [0.5, 0.6) is 0 Å². The highest BCUT2D eigenvalue weighted by atomic mass is 32.2. The summed E-state index contributed by atoms with van der Waals surface area (Å²) in [6, 6.07) is 18.9. The number of nitrogens with zero attached hydrogens (tertiary/aromatic N) is 3. The van der Waals surface area contributed by atoms with Crippen molar-refractivity contribution >= 4 is 52.5 Å². The Morgan fingerprint density at radius 3 is 2.36 bits per heavy atom. The number of hydrogen-bond acceptors (Lipinski definition) is 9. The summed E-state index contributed by atoms with van der Waals surface area (Å²) in [5, 5.41) is 7.19. The van der Waals surface area contributed by atoms with Crippen molar-refractivity contribution < 1.29 is 19.1 Å². The Hall–Kier alpha value is -2.95. The van der Waals surface area contributed by atoms with E-state index in [1.54, 1.807) is 5.51 Å². The van der Waals surface area contributed by atoms with Crippen LogP contribution in [0.2, 0.25) is 0 Å². The minimum atomic E-state index is -0.673. The van der Waals surface area contributed by atoms with E-state index in [4.69, 9.17) is 4.74 Å². The van der Waals surface area contributed by atoms with Gasteiger partial charge >= 0.3 is 5.97 Å². The second kappa shape index (κ2) is 9.50. The van der Waals surface area contributed by atoms with Crippen LogP contribution in [0.15, 0.2) is 81.8 Å². The summed E-state index contributed by atoms with van der Waals surface area (Å²) < 4.78 is 6.78. The van der Waals surface area contributed by atoms with Crippen LogP contribution < -0.4 is 0 Å². The summed E-state index contributed by atoms with van der Waals surface area (Å²) in [4.78, 5) is 39.3. The third kappa shape index (κ3) is 4.33. The van der Waals surface area contributed by atoms with E-state index in [1.165, 1.54) is 39.8 Å². The van der Waals surface area contributed by atoms with Crippen molar-refractivity contribution in [3.63, 3.8) is 0 Å². The largest absolute Gasteiger partial charge is 0.448 e. The van der Waals surface area contributed by atoms with Gasteiger partial charge in [0.05, 0.1) is 0 Å². The number of hydrogen-bond donors (Lipinski definition) is 0. The van der Waals surface area contributed by atoms with Gasteiger partial charge in [0, 0.05) is 11.5 Å². The highest BCUT2D eigenvalue weighted by Gasteiger charge is 2.53. The number of aromatic nitrogens is 2. The molecule has 1 fully saturated rings. The molecule has 1 amide bonds. The molecule has 2 aliphatic rings. The van der Waals surface area contributed by atoms with Gasteiger partial charge in [-0.25, -0.2) is 4.79 Å². The Labute approximate surface area is 202 Å². The van der Waals surface area contributed by atoms with Crippen molar-refractivity contribution in [2.45, 2.75) is 15.8 Å². The smallest absolute Gasteiger partial charge is 0.356 e. The van der Waals surface area contributed by atoms with Crippen LogP contribution in [-0.4, -0.2) is 49.6 Å². The van der Waals surface area contributed by atoms with Crippen LogP contribution in [0.25, 0.3) is 0 Å². The number of Topliss-reactive ketones (excluding diaryl/α,β-unsaturated/α-hetero) is 1. The van der Waals surface area contributed by atoms with E-state index in [0.717, 1.165) is 21.0 Å². The number of benzene rings is 2. The number of carbonyl (C=O) groups excluding carboxylic acids is 3. The van der Waals surface area contributed by atoms with Crippen LogP contribution >= 0.6 is 34.9 Å². The third-order valence-corrected chi connectivity index (χ3v) is 8.41. The summed E-state index contributed by atoms with van der Waals surface area (Å²) in [7, 11) is 0. The lowest BCUT2D eigenvalue weighted by molar-refractivity contribution is -0.158. The zero-order chi connectivity index (χ0) is 22.8. The number of fused-ring (bicyclic) bond motifs is 1. The Balaban J connectivity index is 1.48. The Morgan fingerprint density at radius 1 is 1.09 bits per heavy atom. The van der Waals surface area contributed by atoms with Crippen LogP contribution in [0, 0.1) is 0 Å². The first-order valence-corrected chi connectivity index (χ1v) is 13.0. The zero-order valence-electron chi connectivity index (χ0n) is 17.1. The number of ether oxygens (including phenoxy) is 1. The van der Waals surface area contributed by atoms with Gasteiger partial charge in [-0.2, -0.15) is 0 Å². The van der Waals surface area contributed by atoms with Gasteiger partial charge in [0.15, 0.2) is 15.8 Å². The van der Waals surface area contributed by atoms with Gasteiger partial charge in [0.1, 0.15) is 11.2 Å². The molecule has 2 aliphatic heterocycles. The molecule has 0 bridgehead atoms. The summed E-state index contributed by atoms with van der Waals surface area (Å²) in [5.41, 5.74) is 4.17. The van der Waals surface area contributed by atoms with Gasteiger partial charge < -0.3 is 4.74 Å². The number of amides is 1. The molecule has 0 saturated carbocycles. The number of rotatable bonds is 7. The van der Waals surface area contributed by atoms with Gasteiger partial charge in [0.25, 0.3) is 11.7 Å². The lowest BCUT2D eigenvalue weighted by Gasteiger charge is -2.42. The average molecular weight is 496 g/mol. The first-order valence-electron chi connectivity index (χ1n) is 10.0. The van der Waals surface area contributed by atoms with Gasteiger partial charge in [-0.3, -0.25) is 14.5 Å². The van der Waals surface area contributed by atoms with Crippen molar-refractivity contribution in [2.24, 2.45) is 0 Å². The van der Waals surface area contributed by atoms with Crippen LogP contribution in [0.4, 0.5) is 0 Å². The maximum absolute atomic E-state index is 13.5. The Morgan fingerprint density at radius 2 is 1.76 bits per heavy atom. The fourth-order valence-electron chi connectivity index (χ4n) is 3.64. The number of esters is 1. The molecular formula is C23H17N3O4S3. The van der Waals surface area contributed by atoms with Gasteiger partial charge in [0.2, 0.25) is 0 Å². The molecule has 7 nitrogen and oxygen atoms in total. The molecule has 1 atom stereocenters. The second-order valence-electron chi connectivity index (χ2n) is 7.25. The molecule has 0 aliphatic carbocycles. The monoisotopic (exact) mass is 495 g/mol. The topological polar surface area (TPSA) is 89.5 Å². The SMILES string of the molecule is O=C(OC(c1ccccc1)c1ccccc1)C1=C(CSc2nncs2)CS[C@@H]2C(=O)C(=O)N12. The third-order valence-electron chi connectivity index (χ3n) is 5.21. The van der Waals surface area contributed by atoms with Crippen LogP contribution in [-0.2, 0) is 19.1 Å². The highest BCUT2D eigenvalue weighted by Crippen LogP contribution is 2.41. The van der Waals surface area contributed by atoms with Gasteiger partial charge in [-0.1, -0.05) is 83.8 Å².